The number of aromatic nitrogens is 3. The molecule has 0 spiro atoms. The first-order valence-electron chi connectivity index (χ1n) is 7.84. The summed E-state index contributed by atoms with van der Waals surface area (Å²) in [5.41, 5.74) is 1.59. The Morgan fingerprint density at radius 3 is 2.73 bits per heavy atom. The zero-order chi connectivity index (χ0) is 18.5. The van der Waals surface area contributed by atoms with Crippen LogP contribution in [0.1, 0.15) is 23.0 Å². The molecule has 0 aliphatic carbocycles. The van der Waals surface area contributed by atoms with Gasteiger partial charge in [-0.15, -0.1) is 5.10 Å². The predicted molar refractivity (Wildman–Crippen MR) is 88.5 cm³/mol. The smallest absolute Gasteiger partial charge is 0.361 e. The van der Waals surface area contributed by atoms with Crippen molar-refractivity contribution in [1.29, 1.82) is 0 Å². The molecule has 0 saturated heterocycles. The van der Waals surface area contributed by atoms with E-state index in [4.69, 9.17) is 9.47 Å². The summed E-state index contributed by atoms with van der Waals surface area (Å²) in [5.74, 6) is -2.16. The summed E-state index contributed by atoms with van der Waals surface area (Å²) in [7, 11) is 0. The van der Waals surface area contributed by atoms with Gasteiger partial charge >= 0.3 is 5.97 Å². The van der Waals surface area contributed by atoms with Crippen LogP contribution < -0.4 is 4.74 Å². The number of carbonyl (C=O) groups is 1. The van der Waals surface area contributed by atoms with Gasteiger partial charge in [0.15, 0.2) is 17.3 Å². The molecule has 0 unspecified atom stereocenters. The van der Waals surface area contributed by atoms with Gasteiger partial charge in [0.25, 0.3) is 0 Å². The van der Waals surface area contributed by atoms with Crippen LogP contribution in [-0.2, 0) is 11.3 Å². The fourth-order valence-corrected chi connectivity index (χ4v) is 2.39. The highest BCUT2D eigenvalue weighted by atomic mass is 19.1. The number of aromatic amines is 1. The van der Waals surface area contributed by atoms with Crippen LogP contribution in [0.15, 0.2) is 42.5 Å². The lowest BCUT2D eigenvalue weighted by molar-refractivity contribution is 0.0520. The van der Waals surface area contributed by atoms with Gasteiger partial charge in [-0.05, 0) is 24.6 Å². The Bertz CT molecular complexity index is 928. The third-order valence-corrected chi connectivity index (χ3v) is 3.57. The Kier molecular flexibility index (Phi) is 5.21. The van der Waals surface area contributed by atoms with E-state index in [2.05, 4.69) is 15.4 Å². The molecular formula is C18H15F2N3O3. The molecule has 0 atom stereocenters. The second-order valence-electron chi connectivity index (χ2n) is 5.26. The third kappa shape index (κ3) is 3.69. The van der Waals surface area contributed by atoms with Crippen LogP contribution in [-0.4, -0.2) is 28.0 Å². The highest BCUT2D eigenvalue weighted by Gasteiger charge is 2.21. The van der Waals surface area contributed by atoms with E-state index >= 15 is 0 Å². The van der Waals surface area contributed by atoms with Crippen LogP contribution in [0.2, 0.25) is 0 Å². The molecule has 26 heavy (non-hydrogen) atoms. The van der Waals surface area contributed by atoms with Crippen LogP contribution in [0.25, 0.3) is 11.3 Å². The van der Waals surface area contributed by atoms with Crippen molar-refractivity contribution in [3.8, 4) is 17.0 Å². The van der Waals surface area contributed by atoms with Gasteiger partial charge in [-0.2, -0.15) is 10.3 Å². The second kappa shape index (κ2) is 7.73. The SMILES string of the molecule is CCOC(=O)c1n[nH]nc1-c1ccccc1COc1ccc(F)cc1F. The van der Waals surface area contributed by atoms with Crippen molar-refractivity contribution in [2.75, 3.05) is 6.61 Å². The molecule has 0 aliphatic heterocycles. The van der Waals surface area contributed by atoms with Crippen LogP contribution in [0.4, 0.5) is 8.78 Å². The number of halogens is 2. The molecule has 3 aromatic rings. The van der Waals surface area contributed by atoms with Crippen molar-refractivity contribution >= 4 is 5.97 Å². The van der Waals surface area contributed by atoms with Gasteiger partial charge in [0.05, 0.1) is 6.61 Å². The Morgan fingerprint density at radius 2 is 1.96 bits per heavy atom. The molecule has 0 saturated carbocycles. The Labute approximate surface area is 147 Å². The maximum atomic E-state index is 13.7. The summed E-state index contributed by atoms with van der Waals surface area (Å²) in [5, 5.41) is 10.3. The van der Waals surface area contributed by atoms with Crippen LogP contribution in [0, 0.1) is 11.6 Å². The van der Waals surface area contributed by atoms with Gasteiger partial charge in [-0.3, -0.25) is 0 Å². The summed E-state index contributed by atoms with van der Waals surface area (Å²) in [6.07, 6.45) is 0. The van der Waals surface area contributed by atoms with Crippen LogP contribution >= 0.6 is 0 Å². The third-order valence-electron chi connectivity index (χ3n) is 3.57. The summed E-state index contributed by atoms with van der Waals surface area (Å²) in [6, 6.07) is 10.1. The van der Waals surface area contributed by atoms with E-state index < -0.39 is 17.6 Å². The minimum Gasteiger partial charge on any atom is -0.486 e. The van der Waals surface area contributed by atoms with E-state index in [-0.39, 0.29) is 24.7 Å². The van der Waals surface area contributed by atoms with E-state index in [1.165, 1.54) is 6.07 Å². The first-order valence-corrected chi connectivity index (χ1v) is 7.84. The number of nitrogens with one attached hydrogen (secondary N) is 1. The zero-order valence-electron chi connectivity index (χ0n) is 13.8. The lowest BCUT2D eigenvalue weighted by Crippen LogP contribution is -2.08. The highest BCUT2D eigenvalue weighted by molar-refractivity contribution is 5.94. The van der Waals surface area contributed by atoms with Gasteiger partial charge in [-0.1, -0.05) is 24.3 Å². The number of esters is 1. The molecule has 0 aliphatic rings. The van der Waals surface area contributed by atoms with E-state index in [0.29, 0.717) is 16.8 Å². The summed E-state index contributed by atoms with van der Waals surface area (Å²) >= 11 is 0. The summed E-state index contributed by atoms with van der Waals surface area (Å²) in [4.78, 5) is 12.0. The molecule has 134 valence electrons. The second-order valence-corrected chi connectivity index (χ2v) is 5.26. The molecule has 2 aromatic carbocycles. The van der Waals surface area contributed by atoms with Crippen molar-refractivity contribution in [1.82, 2.24) is 15.4 Å². The molecule has 0 amide bonds. The maximum absolute atomic E-state index is 13.7. The first kappa shape index (κ1) is 17.5. The van der Waals surface area contributed by atoms with Gasteiger partial charge in [-0.25, -0.2) is 13.6 Å². The highest BCUT2D eigenvalue weighted by Crippen LogP contribution is 2.26. The lowest BCUT2D eigenvalue weighted by Gasteiger charge is -2.11. The molecule has 8 heteroatoms. The number of rotatable bonds is 6. The maximum Gasteiger partial charge on any atom is 0.361 e. The van der Waals surface area contributed by atoms with E-state index in [1.807, 2.05) is 0 Å². The fourth-order valence-electron chi connectivity index (χ4n) is 2.39. The first-order chi connectivity index (χ1) is 12.6. The normalized spacial score (nSPS) is 10.6. The standard InChI is InChI=1S/C18H15F2N3O3/c1-2-25-18(24)17-16(21-23-22-17)13-6-4-3-5-11(13)10-26-15-8-7-12(19)9-14(15)20/h3-9H,2,10H2,1H3,(H,21,22,23). The average molecular weight is 359 g/mol. The minimum atomic E-state index is -0.795. The topological polar surface area (TPSA) is 77.1 Å². The van der Waals surface area contributed by atoms with Gasteiger partial charge in [0, 0.05) is 11.6 Å². The number of hydrogen-bond acceptors (Lipinski definition) is 5. The molecule has 1 aromatic heterocycles. The number of H-pyrrole nitrogens is 1. The molecule has 6 nitrogen and oxygen atoms in total. The summed E-state index contributed by atoms with van der Waals surface area (Å²) in [6.45, 7) is 1.89. The Hall–Kier alpha value is -3.29. The molecule has 0 fully saturated rings. The molecule has 0 radical (unpaired) electrons. The molecule has 1 heterocycles. The number of ether oxygens (including phenoxy) is 2. The zero-order valence-corrected chi connectivity index (χ0v) is 13.8. The van der Waals surface area contributed by atoms with Crippen molar-refractivity contribution < 1.29 is 23.0 Å². The van der Waals surface area contributed by atoms with E-state index in [9.17, 15) is 13.6 Å². The van der Waals surface area contributed by atoms with Crippen LogP contribution in [0.3, 0.4) is 0 Å². The van der Waals surface area contributed by atoms with Gasteiger partial charge in [0.2, 0.25) is 0 Å². The monoisotopic (exact) mass is 359 g/mol. The number of hydrogen-bond donors (Lipinski definition) is 1. The minimum absolute atomic E-state index is 0.00610. The van der Waals surface area contributed by atoms with Crippen molar-refractivity contribution in [3.05, 3.63) is 65.4 Å². The fraction of sp³-hybridized carbons (Fsp3) is 0.167. The van der Waals surface area contributed by atoms with Crippen LogP contribution in [0.5, 0.6) is 5.75 Å². The molecular weight excluding hydrogens is 344 g/mol. The number of carbonyl (C=O) groups excluding carboxylic acids is 1. The van der Waals surface area contributed by atoms with E-state index in [0.717, 1.165) is 12.1 Å². The Balaban J connectivity index is 1.88. The quantitative estimate of drug-likeness (QED) is 0.682. The molecule has 0 bridgehead atoms. The average Bonchev–Trinajstić information content (AvgIpc) is 3.11. The van der Waals surface area contributed by atoms with E-state index in [1.54, 1.807) is 31.2 Å². The predicted octanol–water partition coefficient (Wildman–Crippen LogP) is 3.51. The molecule has 3 rings (SSSR count). The van der Waals surface area contributed by atoms with Gasteiger partial charge < -0.3 is 9.47 Å². The van der Waals surface area contributed by atoms with Crippen molar-refractivity contribution in [2.24, 2.45) is 0 Å². The lowest BCUT2D eigenvalue weighted by atomic mass is 10.0. The summed E-state index contributed by atoms with van der Waals surface area (Å²) < 4.78 is 37.1. The van der Waals surface area contributed by atoms with Gasteiger partial charge in [0.1, 0.15) is 18.1 Å². The van der Waals surface area contributed by atoms with Crippen molar-refractivity contribution in [3.63, 3.8) is 0 Å². The number of nitrogens with zero attached hydrogens (tertiary/aromatic N) is 2. The molecule has 1 N–H and O–H groups in total. The Morgan fingerprint density at radius 1 is 1.15 bits per heavy atom. The van der Waals surface area contributed by atoms with Crippen molar-refractivity contribution in [2.45, 2.75) is 13.5 Å². The number of benzene rings is 2. The largest absolute Gasteiger partial charge is 0.486 e.